The van der Waals surface area contributed by atoms with E-state index in [-0.39, 0.29) is 30.6 Å². The Bertz CT molecular complexity index is 500. The first kappa shape index (κ1) is 15.8. The van der Waals surface area contributed by atoms with Gasteiger partial charge in [0.15, 0.2) is 5.82 Å². The van der Waals surface area contributed by atoms with Crippen LogP contribution in [0, 0.1) is 0 Å². The van der Waals surface area contributed by atoms with Gasteiger partial charge in [0.25, 0.3) is 0 Å². The van der Waals surface area contributed by atoms with Crippen molar-refractivity contribution < 1.29 is 9.90 Å². The molecule has 1 aliphatic heterocycles. The second-order valence-electron chi connectivity index (χ2n) is 5.99. The van der Waals surface area contributed by atoms with Gasteiger partial charge < -0.3 is 15.3 Å². The lowest BCUT2D eigenvalue weighted by Crippen LogP contribution is -2.46. The number of amides is 2. The molecule has 7 heteroatoms. The number of nitrogens with one attached hydrogen (secondary N) is 1. The number of hydrogen-bond donors (Lipinski definition) is 2. The molecule has 0 saturated heterocycles. The summed E-state index contributed by atoms with van der Waals surface area (Å²) < 4.78 is 1.90. The summed E-state index contributed by atoms with van der Waals surface area (Å²) in [7, 11) is 1.68. The predicted molar refractivity (Wildman–Crippen MR) is 78.9 cm³/mol. The maximum absolute atomic E-state index is 12.2. The average Bonchev–Trinajstić information content (AvgIpc) is 2.91. The summed E-state index contributed by atoms with van der Waals surface area (Å²) >= 11 is 0. The predicted octanol–water partition coefficient (Wildman–Crippen LogP) is 1.26. The SMILES string of the molecule is CC(C)c1nc2n(n1)CCCC2NC(=O)N(C)C(C)CO. The monoisotopic (exact) mass is 295 g/mol. The Balaban J connectivity index is 2.11. The number of fused-ring (bicyclic) bond motifs is 1. The van der Waals surface area contributed by atoms with Crippen molar-refractivity contribution in [1.29, 1.82) is 0 Å². The highest BCUT2D eigenvalue weighted by atomic mass is 16.3. The minimum atomic E-state index is -0.210. The quantitative estimate of drug-likeness (QED) is 0.876. The van der Waals surface area contributed by atoms with E-state index in [4.69, 9.17) is 5.11 Å². The van der Waals surface area contributed by atoms with E-state index < -0.39 is 0 Å². The minimum Gasteiger partial charge on any atom is -0.394 e. The van der Waals surface area contributed by atoms with E-state index in [0.29, 0.717) is 0 Å². The summed E-state index contributed by atoms with van der Waals surface area (Å²) in [6, 6.07) is -0.513. The van der Waals surface area contributed by atoms with Crippen LogP contribution in [0.3, 0.4) is 0 Å². The average molecular weight is 295 g/mol. The number of nitrogens with zero attached hydrogens (tertiary/aromatic N) is 4. The van der Waals surface area contributed by atoms with Gasteiger partial charge in [-0.25, -0.2) is 14.5 Å². The third-order valence-electron chi connectivity index (χ3n) is 3.95. The molecule has 118 valence electrons. The molecule has 1 aromatic heterocycles. The van der Waals surface area contributed by atoms with Crippen LogP contribution in [0.2, 0.25) is 0 Å². The lowest BCUT2D eigenvalue weighted by Gasteiger charge is -2.28. The Labute approximate surface area is 125 Å². The summed E-state index contributed by atoms with van der Waals surface area (Å²) in [4.78, 5) is 18.3. The summed E-state index contributed by atoms with van der Waals surface area (Å²) in [5.74, 6) is 1.93. The molecule has 0 spiro atoms. The molecule has 2 unspecified atom stereocenters. The zero-order valence-corrected chi connectivity index (χ0v) is 13.2. The van der Waals surface area contributed by atoms with Crippen molar-refractivity contribution in [2.24, 2.45) is 0 Å². The largest absolute Gasteiger partial charge is 0.394 e. The normalized spacial score (nSPS) is 19.2. The molecular weight excluding hydrogens is 270 g/mol. The number of rotatable bonds is 4. The fourth-order valence-corrected chi connectivity index (χ4v) is 2.32. The second-order valence-corrected chi connectivity index (χ2v) is 5.99. The molecule has 21 heavy (non-hydrogen) atoms. The number of urea groups is 1. The number of carbonyl (C=O) groups is 1. The van der Waals surface area contributed by atoms with E-state index in [2.05, 4.69) is 29.2 Å². The Kier molecular flexibility index (Phi) is 4.82. The number of aryl methyl sites for hydroxylation is 1. The van der Waals surface area contributed by atoms with Crippen LogP contribution in [0.25, 0.3) is 0 Å². The van der Waals surface area contributed by atoms with Crippen molar-refractivity contribution in [2.45, 2.75) is 58.2 Å². The van der Waals surface area contributed by atoms with Crippen molar-refractivity contribution in [2.75, 3.05) is 13.7 Å². The van der Waals surface area contributed by atoms with Crippen LogP contribution in [0.4, 0.5) is 4.79 Å². The Morgan fingerprint density at radius 2 is 2.24 bits per heavy atom. The molecule has 2 atom stereocenters. The third kappa shape index (κ3) is 3.34. The Morgan fingerprint density at radius 3 is 2.86 bits per heavy atom. The maximum atomic E-state index is 12.2. The number of aliphatic hydroxyl groups excluding tert-OH is 1. The van der Waals surface area contributed by atoms with Gasteiger partial charge in [-0.15, -0.1) is 0 Å². The Morgan fingerprint density at radius 1 is 1.52 bits per heavy atom. The molecule has 0 fully saturated rings. The molecule has 2 amide bonds. The molecule has 0 radical (unpaired) electrons. The highest BCUT2D eigenvalue weighted by molar-refractivity contribution is 5.74. The van der Waals surface area contributed by atoms with E-state index in [1.807, 2.05) is 4.68 Å². The van der Waals surface area contributed by atoms with Crippen molar-refractivity contribution in [1.82, 2.24) is 25.0 Å². The molecule has 0 saturated carbocycles. The number of aliphatic hydroxyl groups is 1. The van der Waals surface area contributed by atoms with E-state index in [9.17, 15) is 4.79 Å². The van der Waals surface area contributed by atoms with Crippen molar-refractivity contribution >= 4 is 6.03 Å². The van der Waals surface area contributed by atoms with Gasteiger partial charge >= 0.3 is 6.03 Å². The summed E-state index contributed by atoms with van der Waals surface area (Å²) in [6.45, 7) is 6.73. The fraction of sp³-hybridized carbons (Fsp3) is 0.786. The smallest absolute Gasteiger partial charge is 0.318 e. The highest BCUT2D eigenvalue weighted by Gasteiger charge is 2.27. The van der Waals surface area contributed by atoms with E-state index in [1.54, 1.807) is 14.0 Å². The van der Waals surface area contributed by atoms with E-state index in [1.165, 1.54) is 4.90 Å². The standard InChI is InChI=1S/C14H25N5O2/c1-9(2)12-16-13-11(6-5-7-19(13)17-12)15-14(21)18(4)10(3)8-20/h9-11,20H,5-8H2,1-4H3,(H,15,21). The van der Waals surface area contributed by atoms with Crippen LogP contribution in [0.5, 0.6) is 0 Å². The van der Waals surface area contributed by atoms with Crippen LogP contribution >= 0.6 is 0 Å². The first-order valence-corrected chi connectivity index (χ1v) is 7.52. The van der Waals surface area contributed by atoms with Gasteiger partial charge in [-0.05, 0) is 19.8 Å². The molecule has 1 aromatic rings. The summed E-state index contributed by atoms with van der Waals surface area (Å²) in [5, 5.41) is 16.6. The van der Waals surface area contributed by atoms with Crippen LogP contribution in [-0.2, 0) is 6.54 Å². The molecule has 0 bridgehead atoms. The zero-order chi connectivity index (χ0) is 15.6. The van der Waals surface area contributed by atoms with Gasteiger partial charge in [0.05, 0.1) is 18.7 Å². The molecule has 2 N–H and O–H groups in total. The van der Waals surface area contributed by atoms with E-state index >= 15 is 0 Å². The number of carbonyl (C=O) groups excluding carboxylic acids is 1. The van der Waals surface area contributed by atoms with Crippen LogP contribution in [-0.4, -0.2) is 50.5 Å². The molecule has 0 aromatic carbocycles. The van der Waals surface area contributed by atoms with Crippen LogP contribution in [0.1, 0.15) is 57.2 Å². The van der Waals surface area contributed by atoms with Gasteiger partial charge in [0.1, 0.15) is 5.82 Å². The number of aromatic nitrogens is 3. The van der Waals surface area contributed by atoms with Crippen molar-refractivity contribution in [3.05, 3.63) is 11.6 Å². The highest BCUT2D eigenvalue weighted by Crippen LogP contribution is 2.25. The third-order valence-corrected chi connectivity index (χ3v) is 3.95. The summed E-state index contributed by atoms with van der Waals surface area (Å²) in [5.41, 5.74) is 0. The summed E-state index contributed by atoms with van der Waals surface area (Å²) in [6.07, 6.45) is 1.83. The zero-order valence-electron chi connectivity index (χ0n) is 13.2. The molecular formula is C14H25N5O2. The van der Waals surface area contributed by atoms with Gasteiger partial charge in [0.2, 0.25) is 0 Å². The van der Waals surface area contributed by atoms with E-state index in [0.717, 1.165) is 31.0 Å². The topological polar surface area (TPSA) is 83.3 Å². The number of likely N-dealkylation sites (N-methyl/N-ethyl adjacent to an activating group) is 1. The molecule has 1 aliphatic rings. The van der Waals surface area contributed by atoms with Gasteiger partial charge in [-0.3, -0.25) is 0 Å². The first-order valence-electron chi connectivity index (χ1n) is 7.52. The van der Waals surface area contributed by atoms with Crippen LogP contribution < -0.4 is 5.32 Å². The van der Waals surface area contributed by atoms with Gasteiger partial charge in [-0.1, -0.05) is 13.8 Å². The molecule has 2 heterocycles. The van der Waals surface area contributed by atoms with Crippen molar-refractivity contribution in [3.63, 3.8) is 0 Å². The second kappa shape index (κ2) is 6.43. The van der Waals surface area contributed by atoms with Crippen molar-refractivity contribution in [3.8, 4) is 0 Å². The first-order chi connectivity index (χ1) is 9.93. The Hall–Kier alpha value is -1.63. The number of hydrogen-bond acceptors (Lipinski definition) is 4. The maximum Gasteiger partial charge on any atom is 0.318 e. The fourth-order valence-electron chi connectivity index (χ4n) is 2.32. The lowest BCUT2D eigenvalue weighted by atomic mass is 10.1. The molecule has 0 aliphatic carbocycles. The van der Waals surface area contributed by atoms with Gasteiger partial charge in [0, 0.05) is 19.5 Å². The lowest BCUT2D eigenvalue weighted by molar-refractivity contribution is 0.153. The minimum absolute atomic E-state index is 0.0533. The van der Waals surface area contributed by atoms with Crippen LogP contribution in [0.15, 0.2) is 0 Å². The molecule has 7 nitrogen and oxygen atoms in total. The molecule has 2 rings (SSSR count). The van der Waals surface area contributed by atoms with Gasteiger partial charge in [-0.2, -0.15) is 5.10 Å².